The van der Waals surface area contributed by atoms with Gasteiger partial charge in [0.1, 0.15) is 22.3 Å². The van der Waals surface area contributed by atoms with Gasteiger partial charge in [0, 0.05) is 16.9 Å². The molecule has 0 aliphatic carbocycles. The quantitative estimate of drug-likeness (QED) is 0.600. The van der Waals surface area contributed by atoms with Crippen LogP contribution >= 0.6 is 0 Å². The molecule has 8 heteroatoms. The summed E-state index contributed by atoms with van der Waals surface area (Å²) in [6.07, 6.45) is -2.06. The number of alkyl halides is 1. The molecule has 0 saturated carbocycles. The zero-order valence-electron chi connectivity index (χ0n) is 13.8. The predicted molar refractivity (Wildman–Crippen MR) is 86.5 cm³/mol. The van der Waals surface area contributed by atoms with E-state index >= 15 is 0 Å². The summed E-state index contributed by atoms with van der Waals surface area (Å²) in [7, 11) is 0. The first-order valence-corrected chi connectivity index (χ1v) is 8.24. The lowest BCUT2D eigenvalue weighted by Crippen LogP contribution is -2.54. The summed E-state index contributed by atoms with van der Waals surface area (Å²) in [6.45, 7) is 6.07. The fraction of sp³-hybridized carbons (Fsp3) is 0.438. The molecule has 1 aromatic carbocycles. The SMILES string of the molecule is CC(N[S+]([O-])C(C)(C)C)(c1ccccc1F)[C@@H](F)C=C(F)C(=O)O. The molecule has 0 aliphatic heterocycles. The molecule has 4 nitrogen and oxygen atoms in total. The van der Waals surface area contributed by atoms with Crippen LogP contribution in [0.2, 0.25) is 0 Å². The van der Waals surface area contributed by atoms with Gasteiger partial charge in [0.2, 0.25) is 5.83 Å². The van der Waals surface area contributed by atoms with Gasteiger partial charge in [0.15, 0.2) is 0 Å². The molecule has 2 N–H and O–H groups in total. The Morgan fingerprint density at radius 1 is 1.33 bits per heavy atom. The van der Waals surface area contributed by atoms with Gasteiger partial charge >= 0.3 is 5.97 Å². The van der Waals surface area contributed by atoms with E-state index in [1.54, 1.807) is 20.8 Å². The van der Waals surface area contributed by atoms with Crippen molar-refractivity contribution in [3.63, 3.8) is 0 Å². The number of carbonyl (C=O) groups is 1. The Hall–Kier alpha value is -1.51. The highest BCUT2D eigenvalue weighted by atomic mass is 32.2. The summed E-state index contributed by atoms with van der Waals surface area (Å²) in [5, 5.41) is 8.57. The Balaban J connectivity index is 3.39. The van der Waals surface area contributed by atoms with Crippen LogP contribution in [0.3, 0.4) is 0 Å². The summed E-state index contributed by atoms with van der Waals surface area (Å²) in [5.41, 5.74) is -2.12. The first kappa shape index (κ1) is 20.5. The molecule has 0 heterocycles. The van der Waals surface area contributed by atoms with E-state index < -0.39 is 45.4 Å². The summed E-state index contributed by atoms with van der Waals surface area (Å²) in [6, 6.07) is 5.18. The molecular weight excluding hydrogens is 343 g/mol. The average molecular weight is 363 g/mol. The van der Waals surface area contributed by atoms with Gasteiger partial charge in [-0.1, -0.05) is 18.2 Å². The van der Waals surface area contributed by atoms with Crippen LogP contribution in [0.5, 0.6) is 0 Å². The number of carboxylic acid groups (broad SMARTS) is 1. The van der Waals surface area contributed by atoms with Crippen molar-refractivity contribution in [2.75, 3.05) is 0 Å². The monoisotopic (exact) mass is 363 g/mol. The van der Waals surface area contributed by atoms with Gasteiger partial charge in [-0.3, -0.25) is 0 Å². The molecule has 0 fully saturated rings. The lowest BCUT2D eigenvalue weighted by Gasteiger charge is -2.36. The molecule has 0 radical (unpaired) electrons. The summed E-state index contributed by atoms with van der Waals surface area (Å²) in [4.78, 5) is 10.6. The van der Waals surface area contributed by atoms with Gasteiger partial charge in [-0.05, 0) is 39.8 Å². The third kappa shape index (κ3) is 4.75. The van der Waals surface area contributed by atoms with E-state index in [0.717, 1.165) is 6.07 Å². The van der Waals surface area contributed by atoms with E-state index in [9.17, 15) is 22.5 Å². The van der Waals surface area contributed by atoms with Crippen molar-refractivity contribution in [1.82, 2.24) is 4.72 Å². The summed E-state index contributed by atoms with van der Waals surface area (Å²) >= 11 is -1.82. The number of nitrogens with one attached hydrogen (secondary N) is 1. The molecule has 0 amide bonds. The maximum absolute atomic E-state index is 14.7. The van der Waals surface area contributed by atoms with E-state index in [2.05, 4.69) is 4.72 Å². The highest BCUT2D eigenvalue weighted by Crippen LogP contribution is 2.33. The summed E-state index contributed by atoms with van der Waals surface area (Å²) < 4.78 is 56.3. The molecule has 3 atom stereocenters. The highest BCUT2D eigenvalue weighted by Gasteiger charge is 2.44. The summed E-state index contributed by atoms with van der Waals surface area (Å²) in [5.74, 6) is -4.44. The number of carboxylic acids is 1. The zero-order valence-corrected chi connectivity index (χ0v) is 14.6. The van der Waals surface area contributed by atoms with Crippen LogP contribution in [0.15, 0.2) is 36.2 Å². The van der Waals surface area contributed by atoms with Gasteiger partial charge in [-0.25, -0.2) is 13.6 Å². The Morgan fingerprint density at radius 2 is 1.88 bits per heavy atom. The topological polar surface area (TPSA) is 72.4 Å². The first-order valence-electron chi connectivity index (χ1n) is 7.09. The Bertz CT molecular complexity index is 633. The van der Waals surface area contributed by atoms with Crippen molar-refractivity contribution in [3.05, 3.63) is 47.5 Å². The molecule has 0 spiro atoms. The van der Waals surface area contributed by atoms with Gasteiger partial charge in [0.05, 0.1) is 0 Å². The smallest absolute Gasteiger partial charge is 0.364 e. The molecule has 2 unspecified atom stereocenters. The van der Waals surface area contributed by atoms with Crippen LogP contribution in [0.1, 0.15) is 33.3 Å². The van der Waals surface area contributed by atoms with Gasteiger partial charge in [-0.15, -0.1) is 4.72 Å². The fourth-order valence-corrected chi connectivity index (χ4v) is 2.77. The number of benzene rings is 1. The van der Waals surface area contributed by atoms with E-state index in [4.69, 9.17) is 5.11 Å². The van der Waals surface area contributed by atoms with Crippen LogP contribution in [-0.2, 0) is 21.7 Å². The second kappa shape index (κ2) is 7.58. The van der Waals surface area contributed by atoms with Gasteiger partial charge < -0.3 is 9.66 Å². The zero-order chi connectivity index (χ0) is 18.7. The van der Waals surface area contributed by atoms with E-state index in [0.29, 0.717) is 0 Å². The van der Waals surface area contributed by atoms with Crippen molar-refractivity contribution in [2.24, 2.45) is 0 Å². The van der Waals surface area contributed by atoms with Crippen LogP contribution in [-0.4, -0.2) is 26.5 Å². The van der Waals surface area contributed by atoms with E-state index in [1.165, 1.54) is 25.1 Å². The molecule has 1 rings (SSSR count). The largest absolute Gasteiger partial charge is 0.598 e. The normalized spacial score (nSPS) is 17.9. The van der Waals surface area contributed by atoms with Crippen molar-refractivity contribution < 1.29 is 27.6 Å². The maximum atomic E-state index is 14.7. The highest BCUT2D eigenvalue weighted by molar-refractivity contribution is 7.90. The molecule has 0 bridgehead atoms. The molecule has 1 aromatic rings. The Kier molecular flexibility index (Phi) is 6.49. The third-order valence-electron chi connectivity index (χ3n) is 3.34. The fourth-order valence-electron chi connectivity index (χ4n) is 1.85. The Labute approximate surface area is 142 Å². The molecule has 0 aliphatic rings. The first-order chi connectivity index (χ1) is 10.9. The van der Waals surface area contributed by atoms with Gasteiger partial charge in [-0.2, -0.15) is 4.39 Å². The molecular formula is C16H20F3NO3S. The lowest BCUT2D eigenvalue weighted by atomic mass is 9.87. The average Bonchev–Trinajstić information content (AvgIpc) is 2.46. The third-order valence-corrected chi connectivity index (χ3v) is 5.06. The lowest BCUT2D eigenvalue weighted by molar-refractivity contribution is -0.134. The number of aliphatic carboxylic acids is 1. The molecule has 134 valence electrons. The molecule has 0 saturated heterocycles. The van der Waals surface area contributed by atoms with E-state index in [-0.39, 0.29) is 11.6 Å². The maximum Gasteiger partial charge on any atom is 0.364 e. The van der Waals surface area contributed by atoms with Crippen molar-refractivity contribution in [3.8, 4) is 0 Å². The van der Waals surface area contributed by atoms with Gasteiger partial charge in [0.25, 0.3) is 0 Å². The van der Waals surface area contributed by atoms with Crippen molar-refractivity contribution in [2.45, 2.75) is 44.2 Å². The minimum atomic E-state index is -2.28. The van der Waals surface area contributed by atoms with Crippen LogP contribution < -0.4 is 4.72 Å². The van der Waals surface area contributed by atoms with Crippen molar-refractivity contribution in [1.29, 1.82) is 0 Å². The minimum absolute atomic E-state index is 0.190. The predicted octanol–water partition coefficient (Wildman–Crippen LogP) is 3.37. The van der Waals surface area contributed by atoms with E-state index in [1.807, 2.05) is 0 Å². The Morgan fingerprint density at radius 3 is 2.33 bits per heavy atom. The number of rotatable bonds is 6. The molecule has 0 aromatic heterocycles. The van der Waals surface area contributed by atoms with Crippen molar-refractivity contribution >= 4 is 17.3 Å². The van der Waals surface area contributed by atoms with Crippen LogP contribution in [0.25, 0.3) is 0 Å². The number of halogens is 3. The van der Waals surface area contributed by atoms with Crippen LogP contribution in [0.4, 0.5) is 13.2 Å². The second-order valence-corrected chi connectivity index (χ2v) is 8.35. The standard InChI is InChI=1S/C16H20F3NO3S/c1-15(2,3)24(23)20-16(4,10-7-5-6-8-11(10)17)13(19)9-12(18)14(21)22/h5-9,13,20H,1-4H3,(H,21,22)/t13-,16?,24?/m0/s1. The molecule has 24 heavy (non-hydrogen) atoms. The number of hydrogen-bond acceptors (Lipinski definition) is 3. The second-order valence-electron chi connectivity index (χ2n) is 6.39. The minimum Gasteiger partial charge on any atom is -0.598 e. The number of hydrogen-bond donors (Lipinski definition) is 2. The van der Waals surface area contributed by atoms with Crippen LogP contribution in [0, 0.1) is 5.82 Å².